The van der Waals surface area contributed by atoms with E-state index in [2.05, 4.69) is 20.5 Å². The fraction of sp³-hybridized carbons (Fsp3) is 0.317. The van der Waals surface area contributed by atoms with Crippen molar-refractivity contribution in [1.29, 1.82) is 0 Å². The van der Waals surface area contributed by atoms with Gasteiger partial charge in [-0.2, -0.15) is 0 Å². The van der Waals surface area contributed by atoms with Crippen molar-refractivity contribution in [2.24, 2.45) is 16.5 Å². The maximum atomic E-state index is 14.0. The molecule has 1 aliphatic rings. The Morgan fingerprint density at radius 2 is 1.35 bits per heavy atom. The van der Waals surface area contributed by atoms with Crippen molar-refractivity contribution in [3.8, 4) is 0 Å². The quantitative estimate of drug-likeness (QED) is 0.0706. The molecule has 3 amide bonds. The number of guanidine groups is 1. The van der Waals surface area contributed by atoms with Crippen molar-refractivity contribution in [3.63, 3.8) is 0 Å². The Bertz CT molecular complexity index is 1970. The van der Waals surface area contributed by atoms with Crippen LogP contribution in [0.15, 0.2) is 125 Å². The standard InChI is InChI=1S/C41H49N7O6S/c42-40(43)45-34-20-17-33(18-21-34)39(50)54-28-27-47-23-25-48(26-24-47)41(51)46-37(30-32-12-6-2-7-13-32)38(49)44-35(19-16-31-10-4-1-5-11-31)22-29-55(52,53)36-14-8-3-9-15-36/h1-15,17-18,20-21,35,37H,16,19,22-30H2,(H,44,49)(H,46,51)(H4,42,43,45)/t35-,37-/m0/s1. The number of urea groups is 1. The molecule has 1 fully saturated rings. The third kappa shape index (κ3) is 13.0. The average molecular weight is 768 g/mol. The molecule has 4 aromatic carbocycles. The lowest BCUT2D eigenvalue weighted by Crippen LogP contribution is -2.57. The third-order valence-corrected chi connectivity index (χ3v) is 11.1. The largest absolute Gasteiger partial charge is 0.461 e. The molecular weight excluding hydrogens is 719 g/mol. The van der Waals surface area contributed by atoms with E-state index in [1.54, 1.807) is 59.5 Å². The SMILES string of the molecule is NC(N)=Nc1ccc(C(=O)OCCN2CCN(C(=O)N[C@@H](Cc3ccccc3)C(=O)N[C@@H](CCc3ccccc3)CCS(=O)(=O)c3ccccc3)CC2)cc1. The number of carbonyl (C=O) groups is 3. The molecule has 1 saturated heterocycles. The van der Waals surface area contributed by atoms with E-state index in [4.69, 9.17) is 16.2 Å². The first kappa shape index (κ1) is 40.5. The van der Waals surface area contributed by atoms with Crippen LogP contribution in [0, 0.1) is 0 Å². The van der Waals surface area contributed by atoms with E-state index in [-0.39, 0.29) is 48.0 Å². The van der Waals surface area contributed by atoms with Crippen LogP contribution >= 0.6 is 0 Å². The Morgan fingerprint density at radius 3 is 1.96 bits per heavy atom. The molecule has 0 radical (unpaired) electrons. The minimum atomic E-state index is -3.58. The number of nitrogens with one attached hydrogen (secondary N) is 2. The molecule has 290 valence electrons. The Balaban J connectivity index is 1.17. The van der Waals surface area contributed by atoms with Crippen LogP contribution in [0.5, 0.6) is 0 Å². The zero-order valence-corrected chi connectivity index (χ0v) is 31.6. The van der Waals surface area contributed by atoms with Gasteiger partial charge in [0.15, 0.2) is 15.8 Å². The predicted molar refractivity (Wildman–Crippen MR) is 212 cm³/mol. The molecule has 55 heavy (non-hydrogen) atoms. The number of carbonyl (C=O) groups excluding carboxylic acids is 3. The van der Waals surface area contributed by atoms with Gasteiger partial charge >= 0.3 is 12.0 Å². The number of benzene rings is 4. The van der Waals surface area contributed by atoms with Gasteiger partial charge in [0, 0.05) is 45.2 Å². The molecule has 1 heterocycles. The fourth-order valence-corrected chi connectivity index (χ4v) is 7.67. The van der Waals surface area contributed by atoms with Crippen LogP contribution in [-0.4, -0.2) is 99.3 Å². The summed E-state index contributed by atoms with van der Waals surface area (Å²) < 4.78 is 31.8. The highest BCUT2D eigenvalue weighted by Gasteiger charge is 2.28. The maximum Gasteiger partial charge on any atom is 0.338 e. The predicted octanol–water partition coefficient (Wildman–Crippen LogP) is 3.67. The zero-order chi connectivity index (χ0) is 39.0. The van der Waals surface area contributed by atoms with Gasteiger partial charge in [-0.05, 0) is 66.8 Å². The minimum Gasteiger partial charge on any atom is -0.461 e. The number of sulfone groups is 1. The molecule has 0 spiro atoms. The van der Waals surface area contributed by atoms with Crippen LogP contribution in [-0.2, 0) is 32.2 Å². The Morgan fingerprint density at radius 1 is 0.745 bits per heavy atom. The second kappa shape index (κ2) is 20.1. The number of aliphatic imine (C=N–C) groups is 1. The number of hydrogen-bond donors (Lipinski definition) is 4. The summed E-state index contributed by atoms with van der Waals surface area (Å²) in [5.41, 5.74) is 13.7. The van der Waals surface area contributed by atoms with Gasteiger partial charge in [0.1, 0.15) is 12.6 Å². The van der Waals surface area contributed by atoms with E-state index < -0.39 is 27.9 Å². The lowest BCUT2D eigenvalue weighted by atomic mass is 10.0. The molecule has 0 aromatic heterocycles. The first-order chi connectivity index (χ1) is 26.6. The lowest BCUT2D eigenvalue weighted by molar-refractivity contribution is -0.123. The van der Waals surface area contributed by atoms with Crippen molar-refractivity contribution in [2.45, 2.75) is 42.7 Å². The number of aryl methyl sites for hydroxylation is 1. The van der Waals surface area contributed by atoms with E-state index in [1.165, 1.54) is 0 Å². The lowest BCUT2D eigenvalue weighted by Gasteiger charge is -2.35. The van der Waals surface area contributed by atoms with Gasteiger partial charge in [-0.3, -0.25) is 9.69 Å². The van der Waals surface area contributed by atoms with Gasteiger partial charge in [-0.25, -0.2) is 23.0 Å². The Labute approximate surface area is 322 Å². The van der Waals surface area contributed by atoms with Crippen LogP contribution in [0.2, 0.25) is 0 Å². The van der Waals surface area contributed by atoms with Crippen LogP contribution in [0.25, 0.3) is 0 Å². The molecule has 0 aliphatic carbocycles. The summed E-state index contributed by atoms with van der Waals surface area (Å²) in [5, 5.41) is 6.06. The molecule has 4 aromatic rings. The molecule has 6 N–H and O–H groups in total. The Kier molecular flexibility index (Phi) is 14.8. The van der Waals surface area contributed by atoms with Crippen molar-refractivity contribution < 1.29 is 27.5 Å². The monoisotopic (exact) mass is 767 g/mol. The molecule has 5 rings (SSSR count). The van der Waals surface area contributed by atoms with Crippen LogP contribution < -0.4 is 22.1 Å². The van der Waals surface area contributed by atoms with E-state index in [0.717, 1.165) is 11.1 Å². The summed E-state index contributed by atoms with van der Waals surface area (Å²) in [4.78, 5) is 48.1. The van der Waals surface area contributed by atoms with E-state index in [9.17, 15) is 22.8 Å². The van der Waals surface area contributed by atoms with Gasteiger partial charge in [0.25, 0.3) is 0 Å². The third-order valence-electron chi connectivity index (χ3n) is 9.37. The summed E-state index contributed by atoms with van der Waals surface area (Å²) in [6.45, 7) is 2.64. The highest BCUT2D eigenvalue weighted by molar-refractivity contribution is 7.91. The number of nitrogens with two attached hydrogens (primary N) is 2. The summed E-state index contributed by atoms with van der Waals surface area (Å²) in [7, 11) is -3.58. The molecule has 0 saturated carbocycles. The van der Waals surface area contributed by atoms with Crippen molar-refractivity contribution in [1.82, 2.24) is 20.4 Å². The van der Waals surface area contributed by atoms with E-state index in [0.29, 0.717) is 56.8 Å². The topological polar surface area (TPSA) is 190 Å². The van der Waals surface area contributed by atoms with Crippen molar-refractivity contribution in [3.05, 3.63) is 132 Å². The number of ether oxygens (including phenoxy) is 1. The molecule has 1 aliphatic heterocycles. The van der Waals surface area contributed by atoms with Crippen LogP contribution in [0.3, 0.4) is 0 Å². The molecule has 0 bridgehead atoms. The zero-order valence-electron chi connectivity index (χ0n) is 30.8. The van der Waals surface area contributed by atoms with Gasteiger partial charge < -0.3 is 31.7 Å². The molecular formula is C41H49N7O6S. The molecule has 0 unspecified atom stereocenters. The van der Waals surface area contributed by atoms with Crippen molar-refractivity contribution in [2.75, 3.05) is 45.1 Å². The maximum absolute atomic E-state index is 14.0. The van der Waals surface area contributed by atoms with Gasteiger partial charge in [-0.15, -0.1) is 0 Å². The second-order valence-electron chi connectivity index (χ2n) is 13.4. The number of amides is 3. The number of nitrogens with zero attached hydrogens (tertiary/aromatic N) is 3. The summed E-state index contributed by atoms with van der Waals surface area (Å²) in [6, 6.07) is 32.3. The summed E-state index contributed by atoms with van der Waals surface area (Å²) >= 11 is 0. The first-order valence-corrected chi connectivity index (χ1v) is 20.0. The molecule has 13 nitrogen and oxygen atoms in total. The first-order valence-electron chi connectivity index (χ1n) is 18.4. The number of esters is 1. The average Bonchev–Trinajstić information content (AvgIpc) is 3.20. The van der Waals surface area contributed by atoms with E-state index in [1.807, 2.05) is 60.7 Å². The fourth-order valence-electron chi connectivity index (χ4n) is 6.26. The summed E-state index contributed by atoms with van der Waals surface area (Å²) in [5.74, 6) is -1.05. The van der Waals surface area contributed by atoms with Gasteiger partial charge in [-0.1, -0.05) is 78.9 Å². The van der Waals surface area contributed by atoms with Crippen LogP contribution in [0.1, 0.15) is 34.3 Å². The summed E-state index contributed by atoms with van der Waals surface area (Å²) in [6.07, 6.45) is 1.64. The molecule has 14 heteroatoms. The Hall–Kier alpha value is -5.73. The van der Waals surface area contributed by atoms with E-state index >= 15 is 0 Å². The number of piperazine rings is 1. The number of hydrogen-bond acceptors (Lipinski definition) is 8. The second-order valence-corrected chi connectivity index (χ2v) is 15.5. The normalized spacial score (nSPS) is 14.3. The van der Waals surface area contributed by atoms with Gasteiger partial charge in [0.05, 0.1) is 21.9 Å². The van der Waals surface area contributed by atoms with Crippen LogP contribution in [0.4, 0.5) is 10.5 Å². The number of rotatable bonds is 17. The molecule has 2 atom stereocenters. The highest BCUT2D eigenvalue weighted by atomic mass is 32.2. The minimum absolute atomic E-state index is 0.0735. The highest BCUT2D eigenvalue weighted by Crippen LogP contribution is 2.16. The van der Waals surface area contributed by atoms with Crippen molar-refractivity contribution >= 4 is 39.4 Å². The smallest absolute Gasteiger partial charge is 0.338 e. The van der Waals surface area contributed by atoms with Gasteiger partial charge in [0.2, 0.25) is 5.91 Å².